The van der Waals surface area contributed by atoms with E-state index in [4.69, 9.17) is 4.74 Å². The Hall–Kier alpha value is -3.05. The first kappa shape index (κ1) is 21.8. The minimum Gasteiger partial charge on any atom is -0.497 e. The Bertz CT molecular complexity index is 1170. The standard InChI is InChI=1S/C28H33N3O2/c1-4-30(5-2)28(32)21-15-24-23-7-6-8-25-27(23)20(17-29-25)16-26(24)31(18-21)14-13-19-9-11-22(33-3)12-10-19/h6-12,15,17,21,26,29H,4-5,13-14,16,18H2,1-3H3/t21-,26-/m1/s1. The van der Waals surface area contributed by atoms with E-state index >= 15 is 0 Å². The molecule has 5 nitrogen and oxygen atoms in total. The highest BCUT2D eigenvalue weighted by atomic mass is 16.5. The van der Waals surface area contributed by atoms with E-state index in [1.54, 1.807) is 7.11 Å². The highest BCUT2D eigenvalue weighted by Crippen LogP contribution is 2.41. The average molecular weight is 444 g/mol. The lowest BCUT2D eigenvalue weighted by Gasteiger charge is -2.42. The molecule has 1 aliphatic heterocycles. The summed E-state index contributed by atoms with van der Waals surface area (Å²) in [6.07, 6.45) is 6.38. The van der Waals surface area contributed by atoms with Crippen molar-refractivity contribution in [3.8, 4) is 5.75 Å². The van der Waals surface area contributed by atoms with E-state index in [-0.39, 0.29) is 11.8 Å². The summed E-state index contributed by atoms with van der Waals surface area (Å²) in [6.45, 7) is 7.33. The molecular weight excluding hydrogens is 410 g/mol. The first-order valence-corrected chi connectivity index (χ1v) is 12.1. The van der Waals surface area contributed by atoms with Crippen LogP contribution >= 0.6 is 0 Å². The van der Waals surface area contributed by atoms with E-state index < -0.39 is 0 Å². The van der Waals surface area contributed by atoms with Gasteiger partial charge in [0.1, 0.15) is 5.75 Å². The van der Waals surface area contributed by atoms with Crippen LogP contribution in [-0.4, -0.2) is 60.0 Å². The molecule has 172 valence electrons. The van der Waals surface area contributed by atoms with Crippen molar-refractivity contribution in [1.29, 1.82) is 0 Å². The lowest BCUT2D eigenvalue weighted by Crippen LogP contribution is -2.49. The molecule has 2 atom stereocenters. The van der Waals surface area contributed by atoms with E-state index in [1.807, 2.05) is 17.0 Å². The lowest BCUT2D eigenvalue weighted by molar-refractivity contribution is -0.134. The Morgan fingerprint density at radius 1 is 1.15 bits per heavy atom. The monoisotopic (exact) mass is 443 g/mol. The number of amides is 1. The van der Waals surface area contributed by atoms with Crippen LogP contribution in [0.25, 0.3) is 16.5 Å². The third kappa shape index (κ3) is 3.95. The fourth-order valence-corrected chi connectivity index (χ4v) is 5.56. The lowest BCUT2D eigenvalue weighted by atomic mass is 9.79. The maximum Gasteiger partial charge on any atom is 0.230 e. The van der Waals surface area contributed by atoms with Crippen molar-refractivity contribution in [2.45, 2.75) is 32.7 Å². The number of nitrogens with zero attached hydrogens (tertiary/aromatic N) is 2. The molecular formula is C28H33N3O2. The molecule has 1 amide bonds. The van der Waals surface area contributed by atoms with Gasteiger partial charge in [-0.1, -0.05) is 30.3 Å². The van der Waals surface area contributed by atoms with Crippen LogP contribution in [0.3, 0.4) is 0 Å². The van der Waals surface area contributed by atoms with Gasteiger partial charge in [0.2, 0.25) is 5.91 Å². The second kappa shape index (κ2) is 9.06. The molecule has 1 aliphatic carbocycles. The normalized spacial score (nSPS) is 19.8. The largest absolute Gasteiger partial charge is 0.497 e. The number of methoxy groups -OCH3 is 1. The van der Waals surface area contributed by atoms with Crippen molar-refractivity contribution in [3.63, 3.8) is 0 Å². The molecule has 0 bridgehead atoms. The van der Waals surface area contributed by atoms with Gasteiger partial charge >= 0.3 is 0 Å². The van der Waals surface area contributed by atoms with Gasteiger partial charge in [0.15, 0.2) is 0 Å². The Labute approximate surface area is 196 Å². The quantitative estimate of drug-likeness (QED) is 0.584. The molecule has 0 unspecified atom stereocenters. The molecule has 2 aliphatic rings. The van der Waals surface area contributed by atoms with Gasteiger partial charge in [-0.2, -0.15) is 0 Å². The van der Waals surface area contributed by atoms with Crippen LogP contribution in [0.2, 0.25) is 0 Å². The van der Waals surface area contributed by atoms with Crippen LogP contribution < -0.4 is 4.74 Å². The highest BCUT2D eigenvalue weighted by Gasteiger charge is 2.37. The Morgan fingerprint density at radius 2 is 1.94 bits per heavy atom. The van der Waals surface area contributed by atoms with Gasteiger partial charge in [0, 0.05) is 49.3 Å². The molecule has 5 heteroatoms. The first-order chi connectivity index (χ1) is 16.1. The minimum atomic E-state index is -0.109. The molecule has 2 aromatic carbocycles. The molecule has 3 aromatic rings. The number of carbonyl (C=O) groups excluding carboxylic acids is 1. The van der Waals surface area contributed by atoms with Crippen LogP contribution in [0, 0.1) is 5.92 Å². The Balaban J connectivity index is 1.48. The second-order valence-corrected chi connectivity index (χ2v) is 9.09. The zero-order chi connectivity index (χ0) is 22.9. The van der Waals surface area contributed by atoms with E-state index in [0.29, 0.717) is 6.04 Å². The molecule has 1 aromatic heterocycles. The summed E-state index contributed by atoms with van der Waals surface area (Å²) >= 11 is 0. The predicted octanol–water partition coefficient (Wildman–Crippen LogP) is 4.53. The van der Waals surface area contributed by atoms with E-state index in [9.17, 15) is 4.79 Å². The van der Waals surface area contributed by atoms with Crippen LogP contribution in [-0.2, 0) is 17.6 Å². The molecule has 0 fully saturated rings. The highest BCUT2D eigenvalue weighted by molar-refractivity contribution is 5.99. The smallest absolute Gasteiger partial charge is 0.230 e. The predicted molar refractivity (Wildman–Crippen MR) is 133 cm³/mol. The molecule has 0 saturated carbocycles. The zero-order valence-corrected chi connectivity index (χ0v) is 19.8. The number of hydrogen-bond donors (Lipinski definition) is 1. The molecule has 0 spiro atoms. The fourth-order valence-electron chi connectivity index (χ4n) is 5.56. The number of carbonyl (C=O) groups is 1. The van der Waals surface area contributed by atoms with Gasteiger partial charge in [0.05, 0.1) is 13.0 Å². The summed E-state index contributed by atoms with van der Waals surface area (Å²) in [7, 11) is 1.70. The maximum absolute atomic E-state index is 13.4. The number of ether oxygens (including phenoxy) is 1. The van der Waals surface area contributed by atoms with Crippen LogP contribution in [0.4, 0.5) is 0 Å². The van der Waals surface area contributed by atoms with Crippen LogP contribution in [0.5, 0.6) is 5.75 Å². The molecule has 0 saturated heterocycles. The van der Waals surface area contributed by atoms with Crippen LogP contribution in [0.15, 0.2) is 54.7 Å². The van der Waals surface area contributed by atoms with Crippen molar-refractivity contribution in [2.24, 2.45) is 5.92 Å². The van der Waals surface area contributed by atoms with Gasteiger partial charge < -0.3 is 14.6 Å². The summed E-state index contributed by atoms with van der Waals surface area (Å²) in [5.41, 5.74) is 6.46. The number of hydrogen-bond acceptors (Lipinski definition) is 3. The van der Waals surface area contributed by atoms with Gasteiger partial charge in [-0.05, 0) is 67.2 Å². The van der Waals surface area contributed by atoms with Crippen LogP contribution in [0.1, 0.15) is 30.5 Å². The zero-order valence-electron chi connectivity index (χ0n) is 19.8. The van der Waals surface area contributed by atoms with Crippen molar-refractivity contribution < 1.29 is 9.53 Å². The first-order valence-electron chi connectivity index (χ1n) is 12.1. The van der Waals surface area contributed by atoms with E-state index in [1.165, 1.54) is 33.2 Å². The molecule has 1 N–H and O–H groups in total. The van der Waals surface area contributed by atoms with Gasteiger partial charge in [-0.25, -0.2) is 0 Å². The van der Waals surface area contributed by atoms with E-state index in [0.717, 1.165) is 44.8 Å². The van der Waals surface area contributed by atoms with Gasteiger partial charge in [0.25, 0.3) is 0 Å². The van der Waals surface area contributed by atoms with Gasteiger partial charge in [-0.15, -0.1) is 0 Å². The molecule has 5 rings (SSSR count). The minimum absolute atomic E-state index is 0.109. The third-order valence-electron chi connectivity index (χ3n) is 7.36. The number of nitrogens with one attached hydrogen (secondary N) is 1. The summed E-state index contributed by atoms with van der Waals surface area (Å²) < 4.78 is 5.31. The molecule has 2 heterocycles. The number of fused-ring (bicyclic) bond motifs is 2. The number of aromatic nitrogens is 1. The topological polar surface area (TPSA) is 48.6 Å². The summed E-state index contributed by atoms with van der Waals surface area (Å²) in [5, 5.41) is 1.33. The van der Waals surface area contributed by atoms with Crippen molar-refractivity contribution in [3.05, 3.63) is 71.4 Å². The summed E-state index contributed by atoms with van der Waals surface area (Å²) in [5.74, 6) is 1.02. The summed E-state index contributed by atoms with van der Waals surface area (Å²) in [6, 6.07) is 15.1. The number of aromatic amines is 1. The number of rotatable bonds is 7. The Kier molecular flexibility index (Phi) is 5.98. The van der Waals surface area contributed by atoms with Gasteiger partial charge in [-0.3, -0.25) is 9.69 Å². The second-order valence-electron chi connectivity index (χ2n) is 9.09. The van der Waals surface area contributed by atoms with Crippen molar-refractivity contribution >= 4 is 22.4 Å². The average Bonchev–Trinajstić information content (AvgIpc) is 3.28. The molecule has 33 heavy (non-hydrogen) atoms. The fraction of sp³-hybridized carbons (Fsp3) is 0.393. The SMILES string of the molecule is CCN(CC)C(=O)[C@@H]1C=C2c3cccc4[nH]cc(c34)C[C@H]2N(CCc2ccc(OC)cc2)C1. The number of H-pyrrole nitrogens is 1. The molecule has 0 radical (unpaired) electrons. The number of benzene rings is 2. The van der Waals surface area contributed by atoms with E-state index in [2.05, 4.69) is 66.3 Å². The third-order valence-corrected chi connectivity index (χ3v) is 7.36. The van der Waals surface area contributed by atoms with Crippen molar-refractivity contribution in [2.75, 3.05) is 33.3 Å². The summed E-state index contributed by atoms with van der Waals surface area (Å²) in [4.78, 5) is 21.4. The van der Waals surface area contributed by atoms with Crippen molar-refractivity contribution in [1.82, 2.24) is 14.8 Å². The Morgan fingerprint density at radius 3 is 2.67 bits per heavy atom. The maximum atomic E-state index is 13.4.